The molecular weight excluding hydrogens is 446 g/mol. The zero-order chi connectivity index (χ0) is 23.3. The zero-order valence-corrected chi connectivity index (χ0v) is 19.3. The van der Waals surface area contributed by atoms with Gasteiger partial charge in [0.1, 0.15) is 0 Å². The van der Waals surface area contributed by atoms with Crippen molar-refractivity contribution in [2.75, 3.05) is 36.1 Å². The van der Waals surface area contributed by atoms with Crippen LogP contribution in [0.3, 0.4) is 0 Å². The molecule has 2 heterocycles. The number of carbonyl (C=O) groups is 2. The van der Waals surface area contributed by atoms with Crippen molar-refractivity contribution >= 4 is 46.2 Å². The van der Waals surface area contributed by atoms with E-state index in [1.165, 1.54) is 16.7 Å². The molecule has 170 valence electrons. The fourth-order valence-electron chi connectivity index (χ4n) is 3.84. The smallest absolute Gasteiger partial charge is 0.279 e. The van der Waals surface area contributed by atoms with Gasteiger partial charge in [0.2, 0.25) is 0 Å². The topological polar surface area (TPSA) is 62.2 Å². The number of thioether (sulfide) groups is 1. The highest BCUT2D eigenvalue weighted by molar-refractivity contribution is 8.19. The largest absolute Gasteiger partial charge is 0.378 e. The van der Waals surface area contributed by atoms with E-state index in [2.05, 4.69) is 22.0 Å². The van der Waals surface area contributed by atoms with Crippen LogP contribution in [0, 0.1) is 0 Å². The lowest BCUT2D eigenvalue weighted by Crippen LogP contribution is -2.36. The molecule has 2 fully saturated rings. The van der Waals surface area contributed by atoms with Gasteiger partial charge >= 0.3 is 0 Å². The highest BCUT2D eigenvalue weighted by Gasteiger charge is 2.35. The molecule has 34 heavy (non-hydrogen) atoms. The molecule has 0 radical (unpaired) electrons. The van der Waals surface area contributed by atoms with Crippen molar-refractivity contribution in [3.05, 3.63) is 101 Å². The summed E-state index contributed by atoms with van der Waals surface area (Å²) in [7, 11) is 0. The summed E-state index contributed by atoms with van der Waals surface area (Å²) < 4.78 is 5.43. The number of rotatable bonds is 4. The minimum atomic E-state index is -0.382. The van der Waals surface area contributed by atoms with Gasteiger partial charge in [0.15, 0.2) is 5.17 Å². The summed E-state index contributed by atoms with van der Waals surface area (Å²) in [5, 5.41) is 0.348. The van der Waals surface area contributed by atoms with Crippen LogP contribution >= 0.6 is 11.8 Å². The SMILES string of the molecule is O=C(N=C1SC(=Cc2ccc(N3CCOCC3)cc2)C(=O)N1c1ccccc1)c1ccccc1. The molecule has 6 nitrogen and oxygen atoms in total. The second kappa shape index (κ2) is 10.1. The molecule has 0 spiro atoms. The van der Waals surface area contributed by atoms with Gasteiger partial charge in [0.25, 0.3) is 11.8 Å². The number of benzene rings is 3. The lowest BCUT2D eigenvalue weighted by atomic mass is 10.1. The van der Waals surface area contributed by atoms with E-state index in [-0.39, 0.29) is 11.8 Å². The van der Waals surface area contributed by atoms with Gasteiger partial charge in [-0.2, -0.15) is 4.99 Å². The Labute approximate surface area is 202 Å². The van der Waals surface area contributed by atoms with Crippen LogP contribution in [0.25, 0.3) is 6.08 Å². The van der Waals surface area contributed by atoms with Crippen molar-refractivity contribution in [2.24, 2.45) is 4.99 Å². The molecule has 0 unspecified atom stereocenters. The highest BCUT2D eigenvalue weighted by Crippen LogP contribution is 2.36. The van der Waals surface area contributed by atoms with E-state index >= 15 is 0 Å². The Balaban J connectivity index is 1.44. The van der Waals surface area contributed by atoms with Crippen molar-refractivity contribution in [1.29, 1.82) is 0 Å². The van der Waals surface area contributed by atoms with E-state index in [1.54, 1.807) is 24.3 Å². The number of ether oxygens (including phenoxy) is 1. The molecule has 0 aliphatic carbocycles. The van der Waals surface area contributed by atoms with E-state index in [0.717, 1.165) is 37.6 Å². The number of aliphatic imine (C=N–C) groups is 1. The van der Waals surface area contributed by atoms with E-state index in [1.807, 2.05) is 54.6 Å². The molecule has 2 amide bonds. The predicted octanol–water partition coefficient (Wildman–Crippen LogP) is 4.84. The molecule has 0 aromatic heterocycles. The summed E-state index contributed by atoms with van der Waals surface area (Å²) in [6.45, 7) is 3.21. The third-order valence-electron chi connectivity index (χ3n) is 5.61. The molecule has 0 N–H and O–H groups in total. The number of morpholine rings is 1. The maximum atomic E-state index is 13.4. The molecule has 2 aliphatic rings. The second-order valence-corrected chi connectivity index (χ2v) is 8.85. The molecule has 7 heteroatoms. The first-order valence-corrected chi connectivity index (χ1v) is 11.9. The Bertz CT molecular complexity index is 1240. The summed E-state index contributed by atoms with van der Waals surface area (Å²) in [6.07, 6.45) is 1.85. The monoisotopic (exact) mass is 469 g/mol. The molecule has 0 atom stereocenters. The van der Waals surface area contributed by atoms with Gasteiger partial charge in [0, 0.05) is 24.3 Å². The summed E-state index contributed by atoms with van der Waals surface area (Å²) in [5.74, 6) is -0.582. The average molecular weight is 470 g/mol. The van der Waals surface area contributed by atoms with Gasteiger partial charge < -0.3 is 9.64 Å². The van der Waals surface area contributed by atoms with Crippen molar-refractivity contribution in [3.8, 4) is 0 Å². The Kier molecular flexibility index (Phi) is 6.56. The lowest BCUT2D eigenvalue weighted by Gasteiger charge is -2.28. The van der Waals surface area contributed by atoms with E-state index in [4.69, 9.17) is 4.74 Å². The normalized spacial score (nSPS) is 18.6. The van der Waals surface area contributed by atoms with Gasteiger partial charge in [0.05, 0.1) is 23.8 Å². The minimum Gasteiger partial charge on any atom is -0.378 e. The van der Waals surface area contributed by atoms with Crippen LogP contribution in [0.15, 0.2) is 94.8 Å². The molecule has 0 bridgehead atoms. The van der Waals surface area contributed by atoms with Gasteiger partial charge in [-0.15, -0.1) is 0 Å². The van der Waals surface area contributed by atoms with Crippen LogP contribution in [0.5, 0.6) is 0 Å². The third-order valence-corrected chi connectivity index (χ3v) is 6.57. The van der Waals surface area contributed by atoms with Gasteiger partial charge in [-0.05, 0) is 59.8 Å². The van der Waals surface area contributed by atoms with Crippen LogP contribution in [-0.4, -0.2) is 43.3 Å². The summed E-state index contributed by atoms with van der Waals surface area (Å²) in [4.78, 5) is 34.7. The molecule has 3 aromatic rings. The maximum absolute atomic E-state index is 13.4. The number of nitrogens with zero attached hydrogens (tertiary/aromatic N) is 3. The fourth-order valence-corrected chi connectivity index (χ4v) is 4.82. The molecule has 2 aliphatic heterocycles. The first-order chi connectivity index (χ1) is 16.7. The van der Waals surface area contributed by atoms with E-state index in [0.29, 0.717) is 21.3 Å². The quantitative estimate of drug-likeness (QED) is 0.512. The van der Waals surface area contributed by atoms with Crippen molar-refractivity contribution in [1.82, 2.24) is 0 Å². The molecule has 3 aromatic carbocycles. The van der Waals surface area contributed by atoms with Crippen LogP contribution < -0.4 is 9.80 Å². The number of amides is 2. The van der Waals surface area contributed by atoms with Crippen molar-refractivity contribution in [3.63, 3.8) is 0 Å². The average Bonchev–Trinajstić information content (AvgIpc) is 3.20. The first kappa shape index (κ1) is 22.1. The fraction of sp³-hybridized carbons (Fsp3) is 0.148. The van der Waals surface area contributed by atoms with Gasteiger partial charge in [-0.3, -0.25) is 14.5 Å². The number of anilines is 2. The second-order valence-electron chi connectivity index (χ2n) is 7.84. The minimum absolute atomic E-state index is 0.201. The predicted molar refractivity (Wildman–Crippen MR) is 137 cm³/mol. The van der Waals surface area contributed by atoms with Crippen LogP contribution in [0.4, 0.5) is 11.4 Å². The van der Waals surface area contributed by atoms with Gasteiger partial charge in [-0.1, -0.05) is 48.5 Å². The zero-order valence-electron chi connectivity index (χ0n) is 18.5. The van der Waals surface area contributed by atoms with Gasteiger partial charge in [-0.25, -0.2) is 0 Å². The lowest BCUT2D eigenvalue weighted by molar-refractivity contribution is -0.113. The number of para-hydroxylation sites is 1. The van der Waals surface area contributed by atoms with Crippen molar-refractivity contribution < 1.29 is 14.3 Å². The Hall–Kier alpha value is -3.68. The summed E-state index contributed by atoms with van der Waals surface area (Å²) in [5.41, 5.74) is 3.20. The number of amidine groups is 1. The Morgan fingerprint density at radius 3 is 2.18 bits per heavy atom. The van der Waals surface area contributed by atoms with Crippen LogP contribution in [0.1, 0.15) is 15.9 Å². The number of carbonyl (C=O) groups excluding carboxylic acids is 2. The van der Waals surface area contributed by atoms with Crippen LogP contribution in [0.2, 0.25) is 0 Å². The van der Waals surface area contributed by atoms with Crippen molar-refractivity contribution in [2.45, 2.75) is 0 Å². The first-order valence-electron chi connectivity index (χ1n) is 11.1. The van der Waals surface area contributed by atoms with E-state index in [9.17, 15) is 9.59 Å². The van der Waals surface area contributed by atoms with E-state index < -0.39 is 0 Å². The van der Waals surface area contributed by atoms with Crippen LogP contribution in [-0.2, 0) is 9.53 Å². The maximum Gasteiger partial charge on any atom is 0.279 e. The summed E-state index contributed by atoms with van der Waals surface area (Å²) in [6, 6.07) is 26.3. The number of hydrogen-bond donors (Lipinski definition) is 0. The Morgan fingerprint density at radius 2 is 1.50 bits per heavy atom. The molecule has 0 saturated carbocycles. The Morgan fingerprint density at radius 1 is 0.853 bits per heavy atom. The molecular formula is C27H23N3O3S. The third kappa shape index (κ3) is 4.81. The standard InChI is InChI=1S/C27H23N3O3S/c31-25(21-7-3-1-4-8-21)28-27-30(23-9-5-2-6-10-23)26(32)24(34-27)19-20-11-13-22(14-12-20)29-15-17-33-18-16-29/h1-14,19H,15-18H2. The molecule has 2 saturated heterocycles. The summed E-state index contributed by atoms with van der Waals surface area (Å²) >= 11 is 1.21. The molecule has 5 rings (SSSR count). The highest BCUT2D eigenvalue weighted by atomic mass is 32.2. The number of hydrogen-bond acceptors (Lipinski definition) is 5.